The minimum atomic E-state index is -0.234. The van der Waals surface area contributed by atoms with Crippen LogP contribution in [-0.2, 0) is 16.5 Å². The summed E-state index contributed by atoms with van der Waals surface area (Å²) in [6.45, 7) is 5.84. The van der Waals surface area contributed by atoms with E-state index in [-0.39, 0.29) is 12.3 Å². The van der Waals surface area contributed by atoms with Crippen molar-refractivity contribution in [2.24, 2.45) is 7.05 Å². The SMILES string of the molecule is CCOC(CNC(c1cccs1)c1nccn1C)OCC. The fraction of sp³-hybridized carbons (Fsp3) is 0.533. The van der Waals surface area contributed by atoms with Crippen LogP contribution in [0, 0.1) is 0 Å². The zero-order valence-corrected chi connectivity index (χ0v) is 13.6. The second-order valence-corrected chi connectivity index (χ2v) is 5.57. The van der Waals surface area contributed by atoms with Crippen molar-refractivity contribution >= 4 is 11.3 Å². The third kappa shape index (κ3) is 4.38. The highest BCUT2D eigenvalue weighted by atomic mass is 32.1. The molecule has 0 radical (unpaired) electrons. The molecule has 116 valence electrons. The van der Waals surface area contributed by atoms with E-state index in [2.05, 4.69) is 27.8 Å². The number of hydrogen-bond donors (Lipinski definition) is 1. The van der Waals surface area contributed by atoms with E-state index >= 15 is 0 Å². The molecule has 0 aliphatic carbocycles. The quantitative estimate of drug-likeness (QED) is 0.723. The second-order valence-electron chi connectivity index (χ2n) is 4.59. The Bertz CT molecular complexity index is 507. The van der Waals surface area contributed by atoms with Crippen molar-refractivity contribution in [3.8, 4) is 0 Å². The molecule has 1 atom stereocenters. The van der Waals surface area contributed by atoms with Crippen molar-refractivity contribution < 1.29 is 9.47 Å². The van der Waals surface area contributed by atoms with Crippen molar-refractivity contribution in [2.75, 3.05) is 19.8 Å². The molecule has 1 unspecified atom stereocenters. The van der Waals surface area contributed by atoms with E-state index in [1.165, 1.54) is 4.88 Å². The first-order valence-corrected chi connectivity index (χ1v) is 8.11. The van der Waals surface area contributed by atoms with Crippen LogP contribution in [0.2, 0.25) is 0 Å². The maximum absolute atomic E-state index is 5.59. The number of aryl methyl sites for hydroxylation is 1. The minimum Gasteiger partial charge on any atom is -0.352 e. The molecule has 0 fully saturated rings. The van der Waals surface area contributed by atoms with E-state index in [9.17, 15) is 0 Å². The molecule has 0 amide bonds. The van der Waals surface area contributed by atoms with Gasteiger partial charge in [0.1, 0.15) is 11.9 Å². The molecule has 5 nitrogen and oxygen atoms in total. The van der Waals surface area contributed by atoms with Gasteiger partial charge in [-0.2, -0.15) is 0 Å². The zero-order chi connectivity index (χ0) is 15.1. The zero-order valence-electron chi connectivity index (χ0n) is 12.8. The van der Waals surface area contributed by atoms with Crippen LogP contribution in [-0.4, -0.2) is 35.6 Å². The fourth-order valence-electron chi connectivity index (χ4n) is 2.18. The first-order chi connectivity index (χ1) is 10.3. The summed E-state index contributed by atoms with van der Waals surface area (Å²) in [4.78, 5) is 5.70. The van der Waals surface area contributed by atoms with Crippen LogP contribution in [0.1, 0.15) is 30.6 Å². The second kappa shape index (κ2) is 8.29. The number of rotatable bonds is 9. The molecule has 0 bridgehead atoms. The molecule has 21 heavy (non-hydrogen) atoms. The van der Waals surface area contributed by atoms with Crippen molar-refractivity contribution in [3.63, 3.8) is 0 Å². The van der Waals surface area contributed by atoms with Gasteiger partial charge < -0.3 is 14.0 Å². The van der Waals surface area contributed by atoms with E-state index in [0.717, 1.165) is 5.82 Å². The number of hydrogen-bond acceptors (Lipinski definition) is 5. The Kier molecular flexibility index (Phi) is 6.38. The number of imidazole rings is 1. The molecule has 0 aliphatic heterocycles. The predicted octanol–water partition coefficient (Wildman–Crippen LogP) is 2.56. The largest absolute Gasteiger partial charge is 0.352 e. The lowest BCUT2D eigenvalue weighted by Crippen LogP contribution is -2.35. The van der Waals surface area contributed by atoms with Crippen LogP contribution in [0.15, 0.2) is 29.9 Å². The van der Waals surface area contributed by atoms with E-state index in [1.54, 1.807) is 11.3 Å². The third-order valence-corrected chi connectivity index (χ3v) is 4.08. The number of nitrogens with zero attached hydrogens (tertiary/aromatic N) is 2. The van der Waals surface area contributed by atoms with Gasteiger partial charge in [-0.3, -0.25) is 5.32 Å². The molecule has 0 spiro atoms. The lowest BCUT2D eigenvalue weighted by molar-refractivity contribution is -0.133. The van der Waals surface area contributed by atoms with Crippen LogP contribution in [0.5, 0.6) is 0 Å². The molecule has 2 aromatic heterocycles. The summed E-state index contributed by atoms with van der Waals surface area (Å²) in [5.74, 6) is 0.990. The van der Waals surface area contributed by atoms with Gasteiger partial charge in [0, 0.05) is 44.1 Å². The molecule has 2 aromatic rings. The average molecular weight is 309 g/mol. The van der Waals surface area contributed by atoms with Gasteiger partial charge in [0.25, 0.3) is 0 Å². The van der Waals surface area contributed by atoms with Crippen LogP contribution in [0.3, 0.4) is 0 Å². The van der Waals surface area contributed by atoms with Crippen molar-refractivity contribution in [1.82, 2.24) is 14.9 Å². The first-order valence-electron chi connectivity index (χ1n) is 7.23. The maximum Gasteiger partial charge on any atom is 0.169 e. The van der Waals surface area contributed by atoms with Gasteiger partial charge in [-0.15, -0.1) is 11.3 Å². The van der Waals surface area contributed by atoms with Crippen LogP contribution >= 0.6 is 11.3 Å². The summed E-state index contributed by atoms with van der Waals surface area (Å²) >= 11 is 1.72. The van der Waals surface area contributed by atoms with Gasteiger partial charge in [0.2, 0.25) is 0 Å². The van der Waals surface area contributed by atoms with Crippen molar-refractivity contribution in [2.45, 2.75) is 26.2 Å². The molecule has 6 heteroatoms. The Morgan fingerprint density at radius 3 is 2.62 bits per heavy atom. The molecule has 0 aromatic carbocycles. The standard InChI is InChI=1S/C15H23N3O2S/c1-4-19-13(20-5-2)11-17-14(12-7-6-10-21-12)15-16-8-9-18(15)3/h6-10,13-14,17H,4-5,11H2,1-3H3. The summed E-state index contributed by atoms with van der Waals surface area (Å²) in [6, 6.07) is 4.22. The summed E-state index contributed by atoms with van der Waals surface area (Å²) in [6.07, 6.45) is 3.54. The molecule has 1 N–H and O–H groups in total. The van der Waals surface area contributed by atoms with E-state index in [4.69, 9.17) is 9.47 Å². The van der Waals surface area contributed by atoms with E-state index in [0.29, 0.717) is 19.8 Å². The van der Waals surface area contributed by atoms with Crippen molar-refractivity contribution in [3.05, 3.63) is 40.6 Å². The molecular weight excluding hydrogens is 286 g/mol. The molecule has 0 aliphatic rings. The topological polar surface area (TPSA) is 48.3 Å². The Labute approximate surface area is 129 Å². The Balaban J connectivity index is 2.08. The number of aromatic nitrogens is 2. The molecule has 0 saturated heterocycles. The van der Waals surface area contributed by atoms with Gasteiger partial charge >= 0.3 is 0 Å². The van der Waals surface area contributed by atoms with E-state index < -0.39 is 0 Å². The first kappa shape index (κ1) is 16.2. The third-order valence-electron chi connectivity index (χ3n) is 3.14. The molecule has 2 rings (SSSR count). The average Bonchev–Trinajstić information content (AvgIpc) is 3.12. The van der Waals surface area contributed by atoms with Crippen LogP contribution in [0.25, 0.3) is 0 Å². The summed E-state index contributed by atoms with van der Waals surface area (Å²) in [7, 11) is 2.01. The Morgan fingerprint density at radius 2 is 2.10 bits per heavy atom. The summed E-state index contributed by atoms with van der Waals surface area (Å²) in [5, 5.41) is 5.59. The highest BCUT2D eigenvalue weighted by Gasteiger charge is 2.20. The number of ether oxygens (including phenoxy) is 2. The molecular formula is C15H23N3O2S. The smallest absolute Gasteiger partial charge is 0.169 e. The van der Waals surface area contributed by atoms with Crippen LogP contribution in [0.4, 0.5) is 0 Å². The van der Waals surface area contributed by atoms with Crippen LogP contribution < -0.4 is 5.32 Å². The van der Waals surface area contributed by atoms with Gasteiger partial charge in [-0.25, -0.2) is 4.98 Å². The van der Waals surface area contributed by atoms with Gasteiger partial charge in [0.05, 0.1) is 0 Å². The van der Waals surface area contributed by atoms with Gasteiger partial charge in [-0.1, -0.05) is 6.07 Å². The number of nitrogens with one attached hydrogen (secondary N) is 1. The monoisotopic (exact) mass is 309 g/mol. The highest BCUT2D eigenvalue weighted by Crippen LogP contribution is 2.24. The minimum absolute atomic E-state index is 0.0495. The predicted molar refractivity (Wildman–Crippen MR) is 84.4 cm³/mol. The van der Waals surface area contributed by atoms with Gasteiger partial charge in [0.15, 0.2) is 6.29 Å². The van der Waals surface area contributed by atoms with Crippen molar-refractivity contribution in [1.29, 1.82) is 0 Å². The maximum atomic E-state index is 5.59. The highest BCUT2D eigenvalue weighted by molar-refractivity contribution is 7.10. The Morgan fingerprint density at radius 1 is 1.33 bits per heavy atom. The molecule has 2 heterocycles. The normalized spacial score (nSPS) is 13.0. The lowest BCUT2D eigenvalue weighted by atomic mass is 10.2. The fourth-order valence-corrected chi connectivity index (χ4v) is 2.98. The molecule has 0 saturated carbocycles. The lowest BCUT2D eigenvalue weighted by Gasteiger charge is -2.22. The summed E-state index contributed by atoms with van der Waals surface area (Å²) in [5.41, 5.74) is 0. The Hall–Kier alpha value is -1.21. The summed E-state index contributed by atoms with van der Waals surface area (Å²) < 4.78 is 13.2. The number of thiophene rings is 1. The van der Waals surface area contributed by atoms with Gasteiger partial charge in [-0.05, 0) is 25.3 Å². The van der Waals surface area contributed by atoms with E-state index in [1.807, 2.05) is 37.9 Å².